The van der Waals surface area contributed by atoms with E-state index < -0.39 is 16.9 Å². The number of carbonyl (C=O) groups is 2. The van der Waals surface area contributed by atoms with Crippen LogP contribution in [0, 0.1) is 10.1 Å². The number of rotatable bonds is 6. The molecule has 1 aliphatic rings. The van der Waals surface area contributed by atoms with Gasteiger partial charge in [-0.1, -0.05) is 18.2 Å². The molecule has 3 rings (SSSR count). The number of nitro benzene ring substituents is 1. The lowest BCUT2D eigenvalue weighted by molar-refractivity contribution is -0.383. The van der Waals surface area contributed by atoms with Crippen LogP contribution in [-0.2, 0) is 23.8 Å². The Balaban J connectivity index is 2.05. The van der Waals surface area contributed by atoms with Gasteiger partial charge in [0.25, 0.3) is 5.69 Å². The van der Waals surface area contributed by atoms with Crippen LogP contribution in [0.1, 0.15) is 0 Å². The Bertz CT molecular complexity index is 1000. The van der Waals surface area contributed by atoms with Gasteiger partial charge in [-0.15, -0.1) is 0 Å². The first-order chi connectivity index (χ1) is 14.5. The second kappa shape index (κ2) is 9.05. The summed E-state index contributed by atoms with van der Waals surface area (Å²) in [5.74, 6) is -1.54. The molecule has 10 heteroatoms. The van der Waals surface area contributed by atoms with Crippen molar-refractivity contribution in [2.45, 2.75) is 0 Å². The van der Waals surface area contributed by atoms with E-state index in [2.05, 4.69) is 5.32 Å². The van der Waals surface area contributed by atoms with Crippen molar-refractivity contribution in [1.82, 2.24) is 0 Å². The molecular weight excluding hydrogens is 394 g/mol. The lowest BCUT2D eigenvalue weighted by Crippen LogP contribution is -2.38. The molecule has 0 amide bonds. The van der Waals surface area contributed by atoms with Crippen molar-refractivity contribution in [2.75, 3.05) is 37.8 Å². The van der Waals surface area contributed by atoms with Crippen LogP contribution in [0.15, 0.2) is 59.8 Å². The molecule has 0 spiro atoms. The number of benzene rings is 2. The quantitative estimate of drug-likeness (QED) is 0.433. The van der Waals surface area contributed by atoms with Crippen molar-refractivity contribution in [3.63, 3.8) is 0 Å². The van der Waals surface area contributed by atoms with Crippen LogP contribution in [0.2, 0.25) is 0 Å². The minimum Gasteiger partial charge on any atom is -0.466 e. The predicted molar refractivity (Wildman–Crippen MR) is 107 cm³/mol. The second-order valence-electron chi connectivity index (χ2n) is 6.17. The zero-order valence-electron chi connectivity index (χ0n) is 16.3. The van der Waals surface area contributed by atoms with E-state index in [1.54, 1.807) is 30.3 Å². The minimum absolute atomic E-state index is 0.0373. The van der Waals surface area contributed by atoms with Gasteiger partial charge in [0, 0.05) is 11.8 Å². The molecule has 0 aromatic heterocycles. The van der Waals surface area contributed by atoms with Gasteiger partial charge in [-0.3, -0.25) is 10.1 Å². The summed E-state index contributed by atoms with van der Waals surface area (Å²) in [5, 5.41) is 14.7. The average Bonchev–Trinajstić information content (AvgIpc) is 2.78. The SMILES string of the molecule is COC(=O)C1=C(C(=O)OC)N(c2ccc(Nc3ccccc3)c([N+](=O)[O-])c2)COC1. The first-order valence-electron chi connectivity index (χ1n) is 8.81. The number of methoxy groups -OCH3 is 2. The van der Waals surface area contributed by atoms with E-state index in [9.17, 15) is 19.7 Å². The highest BCUT2D eigenvalue weighted by molar-refractivity contribution is 6.03. The summed E-state index contributed by atoms with van der Waals surface area (Å²) in [6.45, 7) is -0.253. The summed E-state index contributed by atoms with van der Waals surface area (Å²) in [6, 6.07) is 13.4. The number of hydrogen-bond donors (Lipinski definition) is 1. The van der Waals surface area contributed by atoms with Crippen molar-refractivity contribution in [3.8, 4) is 0 Å². The number of carbonyl (C=O) groups excluding carboxylic acids is 2. The van der Waals surface area contributed by atoms with Crippen LogP contribution in [0.25, 0.3) is 0 Å². The van der Waals surface area contributed by atoms with Gasteiger partial charge in [-0.2, -0.15) is 0 Å². The maximum atomic E-state index is 12.4. The van der Waals surface area contributed by atoms with E-state index in [0.29, 0.717) is 5.69 Å². The van der Waals surface area contributed by atoms with Crippen LogP contribution < -0.4 is 10.2 Å². The van der Waals surface area contributed by atoms with Gasteiger partial charge in [-0.05, 0) is 24.3 Å². The van der Waals surface area contributed by atoms with E-state index in [4.69, 9.17) is 14.2 Å². The standard InChI is InChI=1S/C20H19N3O7/c1-28-19(24)15-11-30-12-22(18(15)20(25)29-2)14-8-9-16(17(10-14)23(26)27)21-13-6-4-3-5-7-13/h3-10,21H,11-12H2,1-2H3. The van der Waals surface area contributed by atoms with Gasteiger partial charge < -0.3 is 24.4 Å². The highest BCUT2D eigenvalue weighted by Crippen LogP contribution is 2.34. The van der Waals surface area contributed by atoms with Crippen LogP contribution >= 0.6 is 0 Å². The third-order valence-corrected chi connectivity index (χ3v) is 4.38. The number of para-hydroxylation sites is 1. The van der Waals surface area contributed by atoms with Crippen LogP contribution in [0.5, 0.6) is 0 Å². The normalized spacial score (nSPS) is 13.6. The van der Waals surface area contributed by atoms with Crippen LogP contribution in [0.4, 0.5) is 22.7 Å². The summed E-state index contributed by atoms with van der Waals surface area (Å²) in [7, 11) is 2.35. The molecule has 0 aliphatic carbocycles. The van der Waals surface area contributed by atoms with Crippen LogP contribution in [0.3, 0.4) is 0 Å². The van der Waals surface area contributed by atoms with Crippen molar-refractivity contribution in [1.29, 1.82) is 0 Å². The number of esters is 2. The summed E-state index contributed by atoms with van der Waals surface area (Å²) in [6.07, 6.45) is 0. The fourth-order valence-corrected chi connectivity index (χ4v) is 2.97. The molecule has 1 heterocycles. The molecule has 30 heavy (non-hydrogen) atoms. The number of ether oxygens (including phenoxy) is 3. The largest absolute Gasteiger partial charge is 0.466 e. The smallest absolute Gasteiger partial charge is 0.355 e. The predicted octanol–water partition coefficient (Wildman–Crippen LogP) is 2.73. The second-order valence-corrected chi connectivity index (χ2v) is 6.17. The van der Waals surface area contributed by atoms with Crippen molar-refractivity contribution in [2.24, 2.45) is 0 Å². The first kappa shape index (κ1) is 20.8. The molecule has 0 radical (unpaired) electrons. The molecule has 0 unspecified atom stereocenters. The lowest BCUT2D eigenvalue weighted by atomic mass is 10.1. The Labute approximate surface area is 171 Å². The lowest BCUT2D eigenvalue weighted by Gasteiger charge is -2.31. The fraction of sp³-hybridized carbons (Fsp3) is 0.200. The Morgan fingerprint density at radius 1 is 1.10 bits per heavy atom. The molecule has 2 aromatic carbocycles. The van der Waals surface area contributed by atoms with E-state index in [1.165, 1.54) is 31.3 Å². The molecule has 156 valence electrons. The molecule has 0 atom stereocenters. The van der Waals surface area contributed by atoms with Gasteiger partial charge in [0.15, 0.2) is 0 Å². The van der Waals surface area contributed by atoms with Gasteiger partial charge >= 0.3 is 11.9 Å². The Hall–Kier alpha value is -3.92. The summed E-state index contributed by atoms with van der Waals surface area (Å²) < 4.78 is 14.9. The van der Waals surface area contributed by atoms with Crippen molar-refractivity contribution < 1.29 is 28.7 Å². The van der Waals surface area contributed by atoms with Crippen LogP contribution in [-0.4, -0.2) is 44.4 Å². The van der Waals surface area contributed by atoms with Gasteiger partial charge in [0.2, 0.25) is 0 Å². The Morgan fingerprint density at radius 2 is 1.80 bits per heavy atom. The molecule has 1 aliphatic heterocycles. The van der Waals surface area contributed by atoms with Gasteiger partial charge in [0.05, 0.1) is 37.0 Å². The molecule has 0 saturated carbocycles. The monoisotopic (exact) mass is 413 g/mol. The van der Waals surface area contributed by atoms with E-state index in [-0.39, 0.29) is 41.7 Å². The summed E-state index contributed by atoms with van der Waals surface area (Å²) >= 11 is 0. The van der Waals surface area contributed by atoms with Gasteiger partial charge in [0.1, 0.15) is 18.1 Å². The van der Waals surface area contributed by atoms with Crippen molar-refractivity contribution in [3.05, 3.63) is 69.9 Å². The maximum Gasteiger partial charge on any atom is 0.355 e. The van der Waals surface area contributed by atoms with E-state index >= 15 is 0 Å². The number of nitrogens with one attached hydrogen (secondary N) is 1. The number of nitrogens with zero attached hydrogens (tertiary/aromatic N) is 2. The molecule has 0 saturated heterocycles. The number of hydrogen-bond acceptors (Lipinski definition) is 9. The van der Waals surface area contributed by atoms with E-state index in [1.807, 2.05) is 6.07 Å². The maximum absolute atomic E-state index is 12.4. The Morgan fingerprint density at radius 3 is 2.43 bits per heavy atom. The van der Waals surface area contributed by atoms with Gasteiger partial charge in [-0.25, -0.2) is 9.59 Å². The minimum atomic E-state index is -0.784. The number of anilines is 3. The zero-order valence-corrected chi connectivity index (χ0v) is 16.3. The molecule has 2 aromatic rings. The zero-order chi connectivity index (χ0) is 21.7. The Kier molecular flexibility index (Phi) is 6.28. The highest BCUT2D eigenvalue weighted by atomic mass is 16.6. The summed E-state index contributed by atoms with van der Waals surface area (Å²) in [4.78, 5) is 36.9. The molecule has 1 N–H and O–H groups in total. The first-order valence-corrected chi connectivity index (χ1v) is 8.81. The average molecular weight is 413 g/mol. The molecular formula is C20H19N3O7. The third-order valence-electron chi connectivity index (χ3n) is 4.38. The summed E-state index contributed by atoms with van der Waals surface area (Å²) in [5.41, 5.74) is 0.883. The third kappa shape index (κ3) is 4.23. The highest BCUT2D eigenvalue weighted by Gasteiger charge is 2.33. The van der Waals surface area contributed by atoms with E-state index in [0.717, 1.165) is 0 Å². The molecule has 10 nitrogen and oxygen atoms in total. The van der Waals surface area contributed by atoms with Crippen molar-refractivity contribution >= 4 is 34.7 Å². The fourth-order valence-electron chi connectivity index (χ4n) is 2.97. The topological polar surface area (TPSA) is 120 Å². The number of nitro groups is 1. The molecule has 0 bridgehead atoms. The molecule has 0 fully saturated rings.